The fraction of sp³-hybridized carbons (Fsp3) is 0.400. The number of rotatable bonds is 1. The summed E-state index contributed by atoms with van der Waals surface area (Å²) >= 11 is 5.74. The van der Waals surface area contributed by atoms with Gasteiger partial charge in [-0.1, -0.05) is 25.4 Å². The highest BCUT2D eigenvalue weighted by Gasteiger charge is 2.03. The minimum atomic E-state index is -0.547. The average Bonchev–Trinajstić information content (AvgIpc) is 2.26. The van der Waals surface area contributed by atoms with Gasteiger partial charge in [0.1, 0.15) is 5.82 Å². The van der Waals surface area contributed by atoms with E-state index in [9.17, 15) is 4.79 Å². The van der Waals surface area contributed by atoms with Gasteiger partial charge < -0.3 is 4.74 Å². The third kappa shape index (κ3) is 4.65. The van der Waals surface area contributed by atoms with E-state index in [4.69, 9.17) is 11.6 Å². The Morgan fingerprint density at radius 2 is 2.13 bits per heavy atom. The number of aryl methyl sites for hydroxylation is 1. The molecular weight excluding hydrogens is 216 g/mol. The van der Waals surface area contributed by atoms with Crippen LogP contribution in [0.5, 0.6) is 0 Å². The minimum absolute atomic E-state index is 0.425. The Balaban J connectivity index is 0.000000921. The molecule has 0 atom stereocenters. The smallest absolute Gasteiger partial charge is 0.412 e. The van der Waals surface area contributed by atoms with E-state index in [0.717, 1.165) is 5.56 Å². The Kier molecular flexibility index (Phi) is 6.45. The lowest BCUT2D eigenvalue weighted by molar-refractivity contribution is 0.187. The van der Waals surface area contributed by atoms with E-state index < -0.39 is 6.09 Å². The second-order valence-electron chi connectivity index (χ2n) is 2.44. The Morgan fingerprint density at radius 1 is 1.53 bits per heavy atom. The monoisotopic (exact) mass is 230 g/mol. The van der Waals surface area contributed by atoms with Crippen LogP contribution in [0.15, 0.2) is 12.3 Å². The number of carbonyl (C=O) groups excluding carboxylic acids is 1. The number of nitrogens with one attached hydrogen (secondary N) is 1. The second-order valence-corrected chi connectivity index (χ2v) is 2.84. The van der Waals surface area contributed by atoms with Gasteiger partial charge in [-0.3, -0.25) is 5.32 Å². The molecule has 84 valence electrons. The van der Waals surface area contributed by atoms with Gasteiger partial charge in [-0.2, -0.15) is 0 Å². The van der Waals surface area contributed by atoms with Crippen molar-refractivity contribution in [3.8, 4) is 0 Å². The van der Waals surface area contributed by atoms with Crippen molar-refractivity contribution in [3.63, 3.8) is 0 Å². The van der Waals surface area contributed by atoms with Gasteiger partial charge >= 0.3 is 6.09 Å². The normalized spacial score (nSPS) is 8.60. The van der Waals surface area contributed by atoms with Gasteiger partial charge in [0.15, 0.2) is 0 Å². The summed E-state index contributed by atoms with van der Waals surface area (Å²) in [4.78, 5) is 14.7. The summed E-state index contributed by atoms with van der Waals surface area (Å²) in [6.45, 7) is 5.83. The van der Waals surface area contributed by atoms with Gasteiger partial charge in [-0.15, -0.1) is 0 Å². The summed E-state index contributed by atoms with van der Waals surface area (Å²) in [5, 5.41) is 2.99. The summed E-state index contributed by atoms with van der Waals surface area (Å²) in [6, 6.07) is 1.67. The molecule has 0 saturated heterocycles. The highest BCUT2D eigenvalue weighted by atomic mass is 35.5. The van der Waals surface area contributed by atoms with Crippen LogP contribution in [0.25, 0.3) is 0 Å². The van der Waals surface area contributed by atoms with Gasteiger partial charge in [0.25, 0.3) is 0 Å². The zero-order valence-electron chi connectivity index (χ0n) is 9.30. The quantitative estimate of drug-likeness (QED) is 0.806. The molecule has 0 unspecified atom stereocenters. The Hall–Kier alpha value is -1.29. The molecule has 0 aliphatic rings. The molecule has 0 fully saturated rings. The number of nitrogens with zero attached hydrogens (tertiary/aromatic N) is 1. The van der Waals surface area contributed by atoms with Crippen molar-refractivity contribution in [3.05, 3.63) is 22.8 Å². The lowest BCUT2D eigenvalue weighted by Gasteiger charge is -2.03. The standard InChI is InChI=1S/C8H9ClN2O2.C2H6/c1-5-3-7(10-4-6(5)9)11-8(12)13-2;1-2/h3-4H,1-2H3,(H,10,11,12);1-2H3. The maximum atomic E-state index is 10.8. The third-order valence-electron chi connectivity index (χ3n) is 1.46. The van der Waals surface area contributed by atoms with Crippen molar-refractivity contribution in [2.45, 2.75) is 20.8 Å². The van der Waals surface area contributed by atoms with Crippen LogP contribution in [0.4, 0.5) is 10.6 Å². The Morgan fingerprint density at radius 3 is 2.60 bits per heavy atom. The van der Waals surface area contributed by atoms with Crippen molar-refractivity contribution in [1.82, 2.24) is 4.98 Å². The number of ether oxygens (including phenoxy) is 1. The van der Waals surface area contributed by atoms with Gasteiger partial charge in [0.2, 0.25) is 0 Å². The summed E-state index contributed by atoms with van der Waals surface area (Å²) in [5.74, 6) is 0.425. The van der Waals surface area contributed by atoms with E-state index in [1.807, 2.05) is 20.8 Å². The van der Waals surface area contributed by atoms with E-state index >= 15 is 0 Å². The summed E-state index contributed by atoms with van der Waals surface area (Å²) in [6.07, 6.45) is 0.927. The molecule has 0 aliphatic heterocycles. The molecule has 1 aromatic rings. The van der Waals surface area contributed by atoms with Gasteiger partial charge in [0.05, 0.1) is 12.1 Å². The maximum Gasteiger partial charge on any atom is 0.412 e. The molecule has 1 heterocycles. The van der Waals surface area contributed by atoms with E-state index in [0.29, 0.717) is 10.8 Å². The Bertz CT molecular complexity index is 329. The van der Waals surface area contributed by atoms with Gasteiger partial charge in [0, 0.05) is 6.20 Å². The molecule has 4 nitrogen and oxygen atoms in total. The highest BCUT2D eigenvalue weighted by Crippen LogP contribution is 2.16. The molecule has 0 spiro atoms. The van der Waals surface area contributed by atoms with Crippen molar-refractivity contribution in [2.24, 2.45) is 0 Å². The first-order valence-corrected chi connectivity index (χ1v) is 4.98. The fourth-order valence-corrected chi connectivity index (χ4v) is 0.867. The number of hydrogen-bond acceptors (Lipinski definition) is 3. The molecule has 1 N–H and O–H groups in total. The molecule has 0 saturated carbocycles. The minimum Gasteiger partial charge on any atom is -0.453 e. The van der Waals surface area contributed by atoms with E-state index in [1.54, 1.807) is 6.07 Å². The molecule has 0 bridgehead atoms. The number of hydrogen-bond donors (Lipinski definition) is 1. The first kappa shape index (κ1) is 13.7. The van der Waals surface area contributed by atoms with E-state index in [2.05, 4.69) is 15.0 Å². The van der Waals surface area contributed by atoms with Gasteiger partial charge in [-0.05, 0) is 18.6 Å². The number of pyridine rings is 1. The number of halogens is 1. The third-order valence-corrected chi connectivity index (χ3v) is 1.86. The van der Waals surface area contributed by atoms with Crippen LogP contribution in [0.3, 0.4) is 0 Å². The van der Waals surface area contributed by atoms with Crippen LogP contribution in [0.1, 0.15) is 19.4 Å². The molecule has 1 rings (SSSR count). The second kappa shape index (κ2) is 7.06. The number of carbonyl (C=O) groups is 1. The predicted octanol–water partition coefficient (Wildman–Crippen LogP) is 3.25. The average molecular weight is 231 g/mol. The molecule has 15 heavy (non-hydrogen) atoms. The van der Waals surface area contributed by atoms with Crippen LogP contribution in [-0.2, 0) is 4.74 Å². The van der Waals surface area contributed by atoms with Crippen molar-refractivity contribution in [2.75, 3.05) is 12.4 Å². The lowest BCUT2D eigenvalue weighted by Crippen LogP contribution is -2.12. The van der Waals surface area contributed by atoms with Crippen LogP contribution >= 0.6 is 11.6 Å². The highest BCUT2D eigenvalue weighted by molar-refractivity contribution is 6.31. The number of methoxy groups -OCH3 is 1. The first-order chi connectivity index (χ1) is 7.13. The molecule has 1 amide bonds. The number of anilines is 1. The zero-order chi connectivity index (χ0) is 11.8. The fourth-order valence-electron chi connectivity index (χ4n) is 0.763. The zero-order valence-corrected chi connectivity index (χ0v) is 10.1. The molecule has 0 aromatic carbocycles. The summed E-state index contributed by atoms with van der Waals surface area (Å²) in [5.41, 5.74) is 0.850. The molecular formula is C10H15ClN2O2. The topological polar surface area (TPSA) is 51.2 Å². The van der Waals surface area contributed by atoms with Crippen LogP contribution in [-0.4, -0.2) is 18.2 Å². The SMILES string of the molecule is CC.COC(=O)Nc1cc(C)c(Cl)cn1. The largest absolute Gasteiger partial charge is 0.453 e. The van der Waals surface area contributed by atoms with Crippen molar-refractivity contribution >= 4 is 23.5 Å². The van der Waals surface area contributed by atoms with E-state index in [1.165, 1.54) is 13.3 Å². The van der Waals surface area contributed by atoms with Crippen molar-refractivity contribution in [1.29, 1.82) is 0 Å². The van der Waals surface area contributed by atoms with E-state index in [-0.39, 0.29) is 0 Å². The molecule has 5 heteroatoms. The molecule has 1 aromatic heterocycles. The van der Waals surface area contributed by atoms with Crippen LogP contribution in [0.2, 0.25) is 5.02 Å². The molecule has 0 radical (unpaired) electrons. The lowest BCUT2D eigenvalue weighted by atomic mass is 10.3. The molecule has 0 aliphatic carbocycles. The Labute approximate surface area is 94.6 Å². The van der Waals surface area contributed by atoms with Crippen molar-refractivity contribution < 1.29 is 9.53 Å². The van der Waals surface area contributed by atoms with Crippen LogP contribution < -0.4 is 5.32 Å². The maximum absolute atomic E-state index is 10.8. The number of amides is 1. The van der Waals surface area contributed by atoms with Crippen LogP contribution in [0, 0.1) is 6.92 Å². The summed E-state index contributed by atoms with van der Waals surface area (Å²) in [7, 11) is 1.29. The first-order valence-electron chi connectivity index (χ1n) is 4.60. The van der Waals surface area contributed by atoms with Gasteiger partial charge in [-0.25, -0.2) is 9.78 Å². The summed E-state index contributed by atoms with van der Waals surface area (Å²) < 4.78 is 4.40. The predicted molar refractivity (Wildman–Crippen MR) is 61.4 cm³/mol. The number of aromatic nitrogens is 1.